The van der Waals surface area contributed by atoms with Gasteiger partial charge >= 0.3 is 0 Å². The highest BCUT2D eigenvalue weighted by atomic mass is 16.5. The van der Waals surface area contributed by atoms with E-state index in [2.05, 4.69) is 5.32 Å². The molecule has 0 aromatic carbocycles. The molecule has 2 unspecified atom stereocenters. The summed E-state index contributed by atoms with van der Waals surface area (Å²) in [7, 11) is 1.86. The zero-order valence-electron chi connectivity index (χ0n) is 7.26. The second-order valence-electron chi connectivity index (χ2n) is 3.39. The monoisotopic (exact) mass is 159 g/mol. The highest BCUT2D eigenvalue weighted by Gasteiger charge is 2.32. The van der Waals surface area contributed by atoms with Crippen LogP contribution >= 0.6 is 0 Å². The summed E-state index contributed by atoms with van der Waals surface area (Å²) in [6.45, 7) is 3.35. The molecule has 0 spiro atoms. The molecule has 3 nitrogen and oxygen atoms in total. The van der Waals surface area contributed by atoms with Crippen LogP contribution in [0.5, 0.6) is 0 Å². The Morgan fingerprint density at radius 2 is 2.45 bits per heavy atom. The first-order valence-electron chi connectivity index (χ1n) is 4.15. The van der Waals surface area contributed by atoms with Crippen molar-refractivity contribution in [2.75, 3.05) is 20.2 Å². The zero-order chi connectivity index (χ0) is 8.32. The Kier molecular flexibility index (Phi) is 2.87. The van der Waals surface area contributed by atoms with Crippen molar-refractivity contribution in [3.8, 4) is 0 Å². The number of aliphatic hydroxyl groups is 1. The van der Waals surface area contributed by atoms with Crippen LogP contribution in [0.1, 0.15) is 19.8 Å². The molecule has 1 aliphatic rings. The quantitative estimate of drug-likeness (QED) is 0.602. The van der Waals surface area contributed by atoms with Gasteiger partial charge in [-0.15, -0.1) is 0 Å². The molecule has 0 saturated carbocycles. The van der Waals surface area contributed by atoms with Crippen LogP contribution in [-0.2, 0) is 4.74 Å². The van der Waals surface area contributed by atoms with Crippen LogP contribution in [0.3, 0.4) is 0 Å². The van der Waals surface area contributed by atoms with Crippen molar-refractivity contribution in [3.63, 3.8) is 0 Å². The van der Waals surface area contributed by atoms with Crippen LogP contribution in [0.2, 0.25) is 0 Å². The SMILES string of the molecule is CNCC1(O)CCOC(C)C1. The minimum absolute atomic E-state index is 0.196. The van der Waals surface area contributed by atoms with E-state index in [9.17, 15) is 5.11 Å². The second-order valence-corrected chi connectivity index (χ2v) is 3.39. The molecule has 0 amide bonds. The van der Waals surface area contributed by atoms with Crippen LogP contribution in [0.4, 0.5) is 0 Å². The summed E-state index contributed by atoms with van der Waals surface area (Å²) in [6.07, 6.45) is 1.69. The van der Waals surface area contributed by atoms with Crippen molar-refractivity contribution >= 4 is 0 Å². The largest absolute Gasteiger partial charge is 0.388 e. The molecule has 3 heteroatoms. The van der Waals surface area contributed by atoms with E-state index in [1.54, 1.807) is 0 Å². The topological polar surface area (TPSA) is 41.5 Å². The Bertz CT molecular complexity index is 125. The summed E-state index contributed by atoms with van der Waals surface area (Å²) in [5, 5.41) is 12.9. The highest BCUT2D eigenvalue weighted by molar-refractivity contribution is 4.85. The smallest absolute Gasteiger partial charge is 0.0817 e. The molecule has 2 atom stereocenters. The van der Waals surface area contributed by atoms with Crippen molar-refractivity contribution in [3.05, 3.63) is 0 Å². The maximum absolute atomic E-state index is 9.90. The van der Waals surface area contributed by atoms with E-state index >= 15 is 0 Å². The Morgan fingerprint density at radius 3 is 3.00 bits per heavy atom. The van der Waals surface area contributed by atoms with E-state index in [4.69, 9.17) is 4.74 Å². The lowest BCUT2D eigenvalue weighted by molar-refractivity contribution is -0.0942. The van der Waals surface area contributed by atoms with Gasteiger partial charge in [0.25, 0.3) is 0 Å². The maximum Gasteiger partial charge on any atom is 0.0817 e. The van der Waals surface area contributed by atoms with Crippen molar-refractivity contribution in [2.24, 2.45) is 0 Å². The fourth-order valence-electron chi connectivity index (χ4n) is 1.64. The Hall–Kier alpha value is -0.120. The van der Waals surface area contributed by atoms with Gasteiger partial charge < -0.3 is 15.2 Å². The minimum Gasteiger partial charge on any atom is -0.388 e. The van der Waals surface area contributed by atoms with E-state index in [-0.39, 0.29) is 6.10 Å². The lowest BCUT2D eigenvalue weighted by Crippen LogP contribution is -2.46. The Labute approximate surface area is 67.7 Å². The summed E-state index contributed by atoms with van der Waals surface area (Å²) in [4.78, 5) is 0. The average molecular weight is 159 g/mol. The molecule has 0 aliphatic carbocycles. The summed E-state index contributed by atoms with van der Waals surface area (Å²) >= 11 is 0. The fourth-order valence-corrected chi connectivity index (χ4v) is 1.64. The van der Waals surface area contributed by atoms with Crippen LogP contribution in [-0.4, -0.2) is 37.0 Å². The lowest BCUT2D eigenvalue weighted by atomic mass is 9.91. The van der Waals surface area contributed by atoms with E-state index in [0.717, 1.165) is 12.8 Å². The van der Waals surface area contributed by atoms with Crippen molar-refractivity contribution in [1.82, 2.24) is 5.32 Å². The molecule has 1 aliphatic heterocycles. The van der Waals surface area contributed by atoms with E-state index < -0.39 is 5.60 Å². The van der Waals surface area contributed by atoms with Gasteiger partial charge in [0.05, 0.1) is 11.7 Å². The fraction of sp³-hybridized carbons (Fsp3) is 1.00. The van der Waals surface area contributed by atoms with Crippen LogP contribution in [0.25, 0.3) is 0 Å². The summed E-state index contributed by atoms with van der Waals surface area (Å²) in [5.41, 5.74) is -0.535. The number of ether oxygens (including phenoxy) is 1. The third-order valence-electron chi connectivity index (χ3n) is 2.14. The van der Waals surface area contributed by atoms with Gasteiger partial charge in [-0.3, -0.25) is 0 Å². The number of hydrogen-bond donors (Lipinski definition) is 2. The molecule has 2 N–H and O–H groups in total. The lowest BCUT2D eigenvalue weighted by Gasteiger charge is -2.35. The van der Waals surface area contributed by atoms with Crippen LogP contribution < -0.4 is 5.32 Å². The van der Waals surface area contributed by atoms with Gasteiger partial charge in [-0.2, -0.15) is 0 Å². The van der Waals surface area contributed by atoms with Crippen LogP contribution in [0.15, 0.2) is 0 Å². The molecule has 1 heterocycles. The van der Waals surface area contributed by atoms with Gasteiger partial charge in [-0.1, -0.05) is 0 Å². The normalized spacial score (nSPS) is 39.0. The molecule has 0 radical (unpaired) electrons. The van der Waals surface area contributed by atoms with Crippen LogP contribution in [0, 0.1) is 0 Å². The van der Waals surface area contributed by atoms with Gasteiger partial charge in [0.2, 0.25) is 0 Å². The molecule has 11 heavy (non-hydrogen) atoms. The summed E-state index contributed by atoms with van der Waals surface area (Å²) in [6, 6.07) is 0. The van der Waals surface area contributed by atoms with E-state index in [1.807, 2.05) is 14.0 Å². The number of likely N-dealkylation sites (N-methyl/N-ethyl adjacent to an activating group) is 1. The minimum atomic E-state index is -0.535. The molecular formula is C8H17NO2. The highest BCUT2D eigenvalue weighted by Crippen LogP contribution is 2.23. The zero-order valence-corrected chi connectivity index (χ0v) is 7.26. The van der Waals surface area contributed by atoms with Crippen molar-refractivity contribution in [2.45, 2.75) is 31.5 Å². The molecule has 0 aromatic rings. The van der Waals surface area contributed by atoms with E-state index in [0.29, 0.717) is 13.2 Å². The van der Waals surface area contributed by atoms with Gasteiger partial charge in [0.1, 0.15) is 0 Å². The number of hydrogen-bond acceptors (Lipinski definition) is 3. The molecule has 1 saturated heterocycles. The summed E-state index contributed by atoms with van der Waals surface area (Å²) < 4.78 is 5.33. The van der Waals surface area contributed by atoms with Gasteiger partial charge in [0.15, 0.2) is 0 Å². The second kappa shape index (κ2) is 3.52. The van der Waals surface area contributed by atoms with Gasteiger partial charge in [-0.25, -0.2) is 0 Å². The first-order chi connectivity index (χ1) is 5.16. The molecule has 0 aromatic heterocycles. The van der Waals surface area contributed by atoms with Crippen molar-refractivity contribution < 1.29 is 9.84 Å². The third kappa shape index (κ3) is 2.43. The standard InChI is InChI=1S/C8H17NO2/c1-7-5-8(10,6-9-2)3-4-11-7/h7,9-10H,3-6H2,1-2H3. The Morgan fingerprint density at radius 1 is 1.73 bits per heavy atom. The predicted molar refractivity (Wildman–Crippen MR) is 43.5 cm³/mol. The number of rotatable bonds is 2. The predicted octanol–water partition coefficient (Wildman–Crippen LogP) is 0.136. The molecule has 1 fully saturated rings. The first kappa shape index (κ1) is 8.97. The van der Waals surface area contributed by atoms with Crippen molar-refractivity contribution in [1.29, 1.82) is 0 Å². The molecular weight excluding hydrogens is 142 g/mol. The van der Waals surface area contributed by atoms with Gasteiger partial charge in [0, 0.05) is 26.0 Å². The third-order valence-corrected chi connectivity index (χ3v) is 2.14. The van der Waals surface area contributed by atoms with Gasteiger partial charge in [-0.05, 0) is 14.0 Å². The number of nitrogens with one attached hydrogen (secondary N) is 1. The average Bonchev–Trinajstić information content (AvgIpc) is 1.86. The van der Waals surface area contributed by atoms with E-state index in [1.165, 1.54) is 0 Å². The Balaban J connectivity index is 2.41. The molecule has 1 rings (SSSR count). The first-order valence-corrected chi connectivity index (χ1v) is 4.15. The maximum atomic E-state index is 9.90. The molecule has 0 bridgehead atoms. The summed E-state index contributed by atoms with van der Waals surface area (Å²) in [5.74, 6) is 0. The molecule has 66 valence electrons.